The molecular weight excluding hydrogens is 242 g/mol. The van der Waals surface area contributed by atoms with Gasteiger partial charge in [0.2, 0.25) is 0 Å². The molecule has 0 saturated carbocycles. The maximum absolute atomic E-state index is 5.65. The Balaban J connectivity index is 2.47. The molecule has 5 heteroatoms. The van der Waals surface area contributed by atoms with Crippen LogP contribution in [0.5, 0.6) is 11.5 Å². The van der Waals surface area contributed by atoms with Crippen molar-refractivity contribution in [3.63, 3.8) is 0 Å². The molecule has 3 N–H and O–H groups in total. The number of rotatable bonds is 5. The van der Waals surface area contributed by atoms with Crippen molar-refractivity contribution in [2.24, 2.45) is 5.73 Å². The van der Waals surface area contributed by atoms with Crippen LogP contribution in [0.2, 0.25) is 0 Å². The van der Waals surface area contributed by atoms with E-state index in [0.717, 1.165) is 28.9 Å². The summed E-state index contributed by atoms with van der Waals surface area (Å²) in [7, 11) is 3.24. The number of aromatic nitrogens is 2. The number of methoxy groups -OCH3 is 2. The monoisotopic (exact) mass is 261 g/mol. The lowest BCUT2D eigenvalue weighted by Gasteiger charge is -2.09. The lowest BCUT2D eigenvalue weighted by Crippen LogP contribution is -2.04. The number of H-pyrrole nitrogens is 1. The van der Waals surface area contributed by atoms with Crippen LogP contribution in [0.3, 0.4) is 0 Å². The summed E-state index contributed by atoms with van der Waals surface area (Å²) in [6, 6.07) is 5.77. The lowest BCUT2D eigenvalue weighted by molar-refractivity contribution is 0.355. The summed E-state index contributed by atoms with van der Waals surface area (Å²) in [5.41, 5.74) is 9.76. The Morgan fingerprint density at radius 3 is 2.58 bits per heavy atom. The Kier molecular flexibility index (Phi) is 4.06. The zero-order valence-electron chi connectivity index (χ0n) is 11.5. The predicted molar refractivity (Wildman–Crippen MR) is 74.6 cm³/mol. The van der Waals surface area contributed by atoms with Crippen LogP contribution in [0.15, 0.2) is 18.2 Å². The quantitative estimate of drug-likeness (QED) is 0.862. The van der Waals surface area contributed by atoms with E-state index in [4.69, 9.17) is 15.2 Å². The largest absolute Gasteiger partial charge is 0.493 e. The summed E-state index contributed by atoms with van der Waals surface area (Å²) in [6.45, 7) is 2.60. The third-order valence-corrected chi connectivity index (χ3v) is 3.13. The first-order valence-corrected chi connectivity index (χ1v) is 6.17. The third kappa shape index (κ3) is 2.56. The minimum absolute atomic E-state index is 0.598. The number of hydrogen-bond donors (Lipinski definition) is 2. The highest BCUT2D eigenvalue weighted by Crippen LogP contribution is 2.33. The fourth-order valence-corrected chi connectivity index (χ4v) is 2.12. The van der Waals surface area contributed by atoms with E-state index in [1.165, 1.54) is 0 Å². The molecule has 0 bridgehead atoms. The van der Waals surface area contributed by atoms with Crippen LogP contribution >= 0.6 is 0 Å². The van der Waals surface area contributed by atoms with Gasteiger partial charge in [0.15, 0.2) is 11.5 Å². The van der Waals surface area contributed by atoms with Gasteiger partial charge in [-0.2, -0.15) is 5.10 Å². The number of nitrogens with zero attached hydrogens (tertiary/aromatic N) is 1. The van der Waals surface area contributed by atoms with E-state index in [1.807, 2.05) is 25.1 Å². The SMILES string of the molecule is COc1ccc(-c2n[nH]c(C)c2CCN)cc1OC. The first kappa shape index (κ1) is 13.4. The second-order valence-corrected chi connectivity index (χ2v) is 4.28. The highest BCUT2D eigenvalue weighted by atomic mass is 16.5. The van der Waals surface area contributed by atoms with E-state index in [-0.39, 0.29) is 0 Å². The molecule has 0 saturated heterocycles. The van der Waals surface area contributed by atoms with Crippen molar-refractivity contribution in [3.8, 4) is 22.8 Å². The Morgan fingerprint density at radius 1 is 1.21 bits per heavy atom. The van der Waals surface area contributed by atoms with Crippen molar-refractivity contribution in [3.05, 3.63) is 29.5 Å². The van der Waals surface area contributed by atoms with Gasteiger partial charge in [-0.1, -0.05) is 0 Å². The average molecular weight is 261 g/mol. The molecule has 19 heavy (non-hydrogen) atoms. The van der Waals surface area contributed by atoms with Gasteiger partial charge in [-0.3, -0.25) is 5.10 Å². The number of aromatic amines is 1. The fourth-order valence-electron chi connectivity index (χ4n) is 2.12. The molecule has 0 fully saturated rings. The van der Waals surface area contributed by atoms with Crippen molar-refractivity contribution >= 4 is 0 Å². The Labute approximate surface area is 112 Å². The van der Waals surface area contributed by atoms with Crippen molar-refractivity contribution in [1.82, 2.24) is 10.2 Å². The van der Waals surface area contributed by atoms with E-state index < -0.39 is 0 Å². The standard InChI is InChI=1S/C14H19N3O2/c1-9-11(6-7-15)14(17-16-9)10-4-5-12(18-2)13(8-10)19-3/h4-5,8H,6-7,15H2,1-3H3,(H,16,17). The average Bonchev–Trinajstić information content (AvgIpc) is 2.80. The second-order valence-electron chi connectivity index (χ2n) is 4.28. The summed E-state index contributed by atoms with van der Waals surface area (Å²) in [4.78, 5) is 0. The zero-order chi connectivity index (χ0) is 13.8. The topological polar surface area (TPSA) is 73.2 Å². The van der Waals surface area contributed by atoms with Crippen molar-refractivity contribution < 1.29 is 9.47 Å². The van der Waals surface area contributed by atoms with Crippen LogP contribution in [-0.4, -0.2) is 31.0 Å². The van der Waals surface area contributed by atoms with Crippen LogP contribution in [0.25, 0.3) is 11.3 Å². The van der Waals surface area contributed by atoms with Gasteiger partial charge in [0.1, 0.15) is 0 Å². The highest BCUT2D eigenvalue weighted by Gasteiger charge is 2.14. The smallest absolute Gasteiger partial charge is 0.161 e. The first-order chi connectivity index (χ1) is 9.21. The summed E-state index contributed by atoms with van der Waals surface area (Å²) in [6.07, 6.45) is 0.798. The summed E-state index contributed by atoms with van der Waals surface area (Å²) >= 11 is 0. The van der Waals surface area contributed by atoms with E-state index >= 15 is 0 Å². The molecule has 0 aliphatic carbocycles. The number of nitrogens with one attached hydrogen (secondary N) is 1. The molecule has 0 aliphatic heterocycles. The van der Waals surface area contributed by atoms with E-state index in [9.17, 15) is 0 Å². The van der Waals surface area contributed by atoms with E-state index in [1.54, 1.807) is 14.2 Å². The van der Waals surface area contributed by atoms with Gasteiger partial charge in [0.25, 0.3) is 0 Å². The number of aryl methyl sites for hydroxylation is 1. The van der Waals surface area contributed by atoms with Gasteiger partial charge in [-0.15, -0.1) is 0 Å². The Bertz CT molecular complexity index is 564. The van der Waals surface area contributed by atoms with E-state index in [2.05, 4.69) is 10.2 Å². The van der Waals surface area contributed by atoms with Crippen LogP contribution < -0.4 is 15.2 Å². The molecule has 0 spiro atoms. The van der Waals surface area contributed by atoms with Crippen LogP contribution in [0, 0.1) is 6.92 Å². The Hall–Kier alpha value is -2.01. The molecule has 0 unspecified atom stereocenters. The van der Waals surface area contributed by atoms with Crippen molar-refractivity contribution in [2.75, 3.05) is 20.8 Å². The van der Waals surface area contributed by atoms with Crippen LogP contribution in [0.1, 0.15) is 11.3 Å². The Morgan fingerprint density at radius 2 is 1.95 bits per heavy atom. The molecule has 0 radical (unpaired) electrons. The molecule has 5 nitrogen and oxygen atoms in total. The molecule has 0 atom stereocenters. The normalized spacial score (nSPS) is 10.5. The molecule has 2 aromatic rings. The van der Waals surface area contributed by atoms with Crippen LogP contribution in [-0.2, 0) is 6.42 Å². The lowest BCUT2D eigenvalue weighted by atomic mass is 10.0. The molecule has 1 heterocycles. The van der Waals surface area contributed by atoms with E-state index in [0.29, 0.717) is 18.0 Å². The summed E-state index contributed by atoms with van der Waals surface area (Å²) in [5, 5.41) is 7.37. The molecule has 1 aromatic heterocycles. The molecule has 102 valence electrons. The van der Waals surface area contributed by atoms with Crippen molar-refractivity contribution in [1.29, 1.82) is 0 Å². The minimum atomic E-state index is 0.598. The van der Waals surface area contributed by atoms with Gasteiger partial charge >= 0.3 is 0 Å². The molecule has 2 rings (SSSR count). The molecule has 0 aliphatic rings. The fraction of sp³-hybridized carbons (Fsp3) is 0.357. The third-order valence-electron chi connectivity index (χ3n) is 3.13. The summed E-state index contributed by atoms with van der Waals surface area (Å²) in [5.74, 6) is 1.40. The van der Waals surface area contributed by atoms with Gasteiger partial charge < -0.3 is 15.2 Å². The maximum Gasteiger partial charge on any atom is 0.161 e. The van der Waals surface area contributed by atoms with Crippen LogP contribution in [0.4, 0.5) is 0 Å². The summed E-state index contributed by atoms with van der Waals surface area (Å²) < 4.78 is 10.6. The molecular formula is C14H19N3O2. The molecule has 1 aromatic carbocycles. The van der Waals surface area contributed by atoms with Crippen molar-refractivity contribution in [2.45, 2.75) is 13.3 Å². The first-order valence-electron chi connectivity index (χ1n) is 6.17. The van der Waals surface area contributed by atoms with Gasteiger partial charge in [0.05, 0.1) is 19.9 Å². The number of ether oxygens (including phenoxy) is 2. The number of nitrogens with two attached hydrogens (primary N) is 1. The van der Waals surface area contributed by atoms with Gasteiger partial charge in [-0.25, -0.2) is 0 Å². The zero-order valence-corrected chi connectivity index (χ0v) is 11.5. The van der Waals surface area contributed by atoms with Gasteiger partial charge in [-0.05, 0) is 38.1 Å². The maximum atomic E-state index is 5.65. The predicted octanol–water partition coefficient (Wildman–Crippen LogP) is 1.90. The number of benzene rings is 1. The minimum Gasteiger partial charge on any atom is -0.493 e. The highest BCUT2D eigenvalue weighted by molar-refractivity contribution is 5.67. The second kappa shape index (κ2) is 5.75. The molecule has 0 amide bonds. The number of hydrogen-bond acceptors (Lipinski definition) is 4. The van der Waals surface area contributed by atoms with Gasteiger partial charge in [0, 0.05) is 16.8 Å².